The number of amides is 1. The maximum atomic E-state index is 13.3. The molecule has 1 aliphatic rings. The van der Waals surface area contributed by atoms with Crippen molar-refractivity contribution in [1.82, 2.24) is 9.88 Å². The Kier molecular flexibility index (Phi) is 7.16. The maximum Gasteiger partial charge on any atom is 1.00 e. The third kappa shape index (κ3) is 5.74. The minimum atomic E-state index is -5.07. The van der Waals surface area contributed by atoms with E-state index in [1.165, 1.54) is 6.20 Å². The zero-order valence-corrected chi connectivity index (χ0v) is 16.9. The average Bonchev–Trinajstić information content (AvgIpc) is 2.82. The Morgan fingerprint density at radius 1 is 1.30 bits per heavy atom. The molecule has 1 fully saturated rings. The second-order valence-corrected chi connectivity index (χ2v) is 6.54. The minimum absolute atomic E-state index is 0. The number of carbonyl (C=O) groups is 1. The molecular formula is C14H19BF3KN2O2. The number of hydrogen-bond acceptors (Lipinski definition) is 3. The number of ether oxygens (including phenoxy) is 1. The maximum absolute atomic E-state index is 13.3. The predicted octanol–water partition coefficient (Wildman–Crippen LogP) is 0.637. The van der Waals surface area contributed by atoms with Gasteiger partial charge in [-0.15, -0.1) is 0 Å². The van der Waals surface area contributed by atoms with Crippen LogP contribution in [0.2, 0.25) is 5.82 Å². The molecule has 2 atom stereocenters. The summed E-state index contributed by atoms with van der Waals surface area (Å²) in [4.78, 5) is 17.2. The number of rotatable bonds is 2. The molecule has 0 spiro atoms. The van der Waals surface area contributed by atoms with Crippen molar-refractivity contribution in [3.05, 3.63) is 30.1 Å². The van der Waals surface area contributed by atoms with Crippen molar-refractivity contribution in [2.24, 2.45) is 0 Å². The fourth-order valence-electron chi connectivity index (χ4n) is 2.60. The van der Waals surface area contributed by atoms with Crippen LogP contribution in [0.4, 0.5) is 17.7 Å². The minimum Gasteiger partial charge on any atom is -0.449 e. The molecule has 9 heteroatoms. The summed E-state index contributed by atoms with van der Waals surface area (Å²) in [6.07, 6.45) is 0.752. The van der Waals surface area contributed by atoms with E-state index in [9.17, 15) is 17.7 Å². The van der Waals surface area contributed by atoms with Crippen molar-refractivity contribution in [3.63, 3.8) is 0 Å². The number of aromatic nitrogens is 1. The SMILES string of the molecule is CC(C)(C)OC(=O)N1CC(c2ccccn2)C([B-](F)(F)F)C1.[K+]. The van der Waals surface area contributed by atoms with Crippen LogP contribution in [0, 0.1) is 0 Å². The first-order chi connectivity index (χ1) is 10.1. The molecule has 23 heavy (non-hydrogen) atoms. The summed E-state index contributed by atoms with van der Waals surface area (Å²) in [7, 11) is 0. The summed E-state index contributed by atoms with van der Waals surface area (Å²) in [5.41, 5.74) is -0.378. The van der Waals surface area contributed by atoms with Gasteiger partial charge in [-0.05, 0) is 44.6 Å². The predicted molar refractivity (Wildman–Crippen MR) is 77.6 cm³/mol. The molecule has 0 saturated carbocycles. The van der Waals surface area contributed by atoms with Crippen molar-refractivity contribution in [2.45, 2.75) is 38.1 Å². The Balaban J connectivity index is 0.00000264. The van der Waals surface area contributed by atoms with Gasteiger partial charge in [0.2, 0.25) is 0 Å². The first kappa shape index (κ1) is 21.0. The normalized spacial score (nSPS) is 21.7. The van der Waals surface area contributed by atoms with E-state index >= 15 is 0 Å². The summed E-state index contributed by atoms with van der Waals surface area (Å²) < 4.78 is 45.2. The first-order valence-electron chi connectivity index (χ1n) is 7.17. The summed E-state index contributed by atoms with van der Waals surface area (Å²) in [5, 5.41) is 0. The molecule has 122 valence electrons. The number of pyridine rings is 1. The second-order valence-electron chi connectivity index (χ2n) is 6.54. The molecule has 4 nitrogen and oxygen atoms in total. The van der Waals surface area contributed by atoms with E-state index in [2.05, 4.69) is 4.98 Å². The van der Waals surface area contributed by atoms with E-state index in [1.54, 1.807) is 39.0 Å². The van der Waals surface area contributed by atoms with Crippen molar-refractivity contribution in [2.75, 3.05) is 13.1 Å². The average molecular weight is 354 g/mol. The fraction of sp³-hybridized carbons (Fsp3) is 0.571. The van der Waals surface area contributed by atoms with Gasteiger partial charge < -0.3 is 22.6 Å². The molecule has 0 radical (unpaired) electrons. The fourth-order valence-corrected chi connectivity index (χ4v) is 2.60. The van der Waals surface area contributed by atoms with Crippen LogP contribution in [-0.2, 0) is 4.74 Å². The zero-order valence-electron chi connectivity index (χ0n) is 13.8. The molecule has 1 aromatic rings. The van der Waals surface area contributed by atoms with E-state index < -0.39 is 30.4 Å². The van der Waals surface area contributed by atoms with Crippen LogP contribution in [0.1, 0.15) is 32.4 Å². The van der Waals surface area contributed by atoms with Gasteiger partial charge in [-0.25, -0.2) is 4.79 Å². The second kappa shape index (κ2) is 7.86. The monoisotopic (exact) mass is 354 g/mol. The van der Waals surface area contributed by atoms with Gasteiger partial charge in [0.05, 0.1) is 0 Å². The van der Waals surface area contributed by atoms with Gasteiger partial charge in [0.1, 0.15) is 5.60 Å². The number of halogens is 3. The molecule has 1 saturated heterocycles. The molecule has 0 aliphatic carbocycles. The largest absolute Gasteiger partial charge is 1.00 e. The van der Waals surface area contributed by atoms with E-state index in [1.807, 2.05) is 0 Å². The van der Waals surface area contributed by atoms with Gasteiger partial charge in [0.15, 0.2) is 0 Å². The Hall–Kier alpha value is -0.0887. The molecule has 0 bridgehead atoms. The molecule has 1 aromatic heterocycles. The summed E-state index contributed by atoms with van der Waals surface area (Å²) in [6, 6.07) is 4.87. The summed E-state index contributed by atoms with van der Waals surface area (Å²) >= 11 is 0. The van der Waals surface area contributed by atoms with Crippen LogP contribution >= 0.6 is 0 Å². The number of likely N-dealkylation sites (tertiary alicyclic amines) is 1. The van der Waals surface area contributed by atoms with Gasteiger partial charge in [-0.1, -0.05) is 6.07 Å². The van der Waals surface area contributed by atoms with Crippen LogP contribution in [0.3, 0.4) is 0 Å². The molecule has 2 heterocycles. The Morgan fingerprint density at radius 3 is 2.43 bits per heavy atom. The number of hydrogen-bond donors (Lipinski definition) is 0. The van der Waals surface area contributed by atoms with Gasteiger partial charge in [0, 0.05) is 25.0 Å². The van der Waals surface area contributed by atoms with Crippen molar-refractivity contribution >= 4 is 13.1 Å². The zero-order chi connectivity index (χ0) is 16.5. The van der Waals surface area contributed by atoms with Crippen molar-refractivity contribution in [3.8, 4) is 0 Å². The van der Waals surface area contributed by atoms with Crippen molar-refractivity contribution in [1.29, 1.82) is 0 Å². The molecule has 1 aliphatic heterocycles. The summed E-state index contributed by atoms with van der Waals surface area (Å²) in [5.74, 6) is -2.41. The Morgan fingerprint density at radius 2 is 1.96 bits per heavy atom. The molecule has 0 aromatic carbocycles. The van der Waals surface area contributed by atoms with E-state index in [4.69, 9.17) is 4.74 Å². The molecule has 2 rings (SSSR count). The summed E-state index contributed by atoms with van der Waals surface area (Å²) in [6.45, 7) is -0.429. The molecule has 0 N–H and O–H groups in total. The molecule has 1 amide bonds. The third-order valence-corrected chi connectivity index (χ3v) is 3.57. The number of carbonyl (C=O) groups excluding carboxylic acids is 1. The Labute approximate surface area is 176 Å². The van der Waals surface area contributed by atoms with Gasteiger partial charge >= 0.3 is 64.5 Å². The van der Waals surface area contributed by atoms with Gasteiger partial charge in [-0.3, -0.25) is 4.98 Å². The van der Waals surface area contributed by atoms with Gasteiger partial charge in [-0.2, -0.15) is 0 Å². The van der Waals surface area contributed by atoms with Crippen molar-refractivity contribution < 1.29 is 73.9 Å². The van der Waals surface area contributed by atoms with E-state index in [0.29, 0.717) is 5.69 Å². The van der Waals surface area contributed by atoms with Crippen LogP contribution < -0.4 is 51.4 Å². The van der Waals surface area contributed by atoms with Crippen LogP contribution in [-0.4, -0.2) is 41.6 Å². The quantitative estimate of drug-likeness (QED) is 0.732. The van der Waals surface area contributed by atoms with E-state index in [0.717, 1.165) is 4.90 Å². The van der Waals surface area contributed by atoms with Crippen LogP contribution in [0.15, 0.2) is 24.4 Å². The van der Waals surface area contributed by atoms with Crippen LogP contribution in [0.5, 0.6) is 0 Å². The molecule has 2 unspecified atom stereocenters. The molecular weight excluding hydrogens is 335 g/mol. The van der Waals surface area contributed by atoms with Crippen LogP contribution in [0.25, 0.3) is 0 Å². The first-order valence-corrected chi connectivity index (χ1v) is 7.17. The van der Waals surface area contributed by atoms with E-state index in [-0.39, 0.29) is 64.5 Å². The topological polar surface area (TPSA) is 42.4 Å². The Bertz CT molecular complexity index is 537. The smallest absolute Gasteiger partial charge is 0.449 e. The number of nitrogens with zero attached hydrogens (tertiary/aromatic N) is 2. The third-order valence-electron chi connectivity index (χ3n) is 3.57. The van der Waals surface area contributed by atoms with Gasteiger partial charge in [0.25, 0.3) is 0 Å². The standard InChI is InChI=1S/C14H19BF3N2O2.K/c1-14(2,3)22-13(21)20-8-10(11(9-20)15(16,17)18)12-6-4-5-7-19-12;/h4-7,10-11H,8-9H2,1-3H3;/q-1;+1.